The van der Waals surface area contributed by atoms with Gasteiger partial charge in [-0.1, -0.05) is 37.0 Å². The van der Waals surface area contributed by atoms with E-state index in [2.05, 4.69) is 10.3 Å². The van der Waals surface area contributed by atoms with Crippen molar-refractivity contribution in [3.8, 4) is 0 Å². The molecule has 1 aromatic carbocycles. The highest BCUT2D eigenvalue weighted by Gasteiger charge is 2.68. The van der Waals surface area contributed by atoms with Gasteiger partial charge in [0.15, 0.2) is 0 Å². The van der Waals surface area contributed by atoms with Gasteiger partial charge >= 0.3 is 12.3 Å². The van der Waals surface area contributed by atoms with E-state index in [-0.39, 0.29) is 53.1 Å². The van der Waals surface area contributed by atoms with Crippen LogP contribution in [0.2, 0.25) is 10.0 Å². The quantitative estimate of drug-likeness (QED) is 0.637. The number of amides is 3. The number of rotatable bonds is 4. The molecule has 1 aromatic heterocycles. The van der Waals surface area contributed by atoms with E-state index in [0.29, 0.717) is 4.57 Å². The number of carbonyl (C=O) groups is 3. The number of benzene rings is 1. The molecule has 14 heteroatoms. The number of nitrogens with zero attached hydrogens (tertiary/aromatic N) is 3. The van der Waals surface area contributed by atoms with Crippen molar-refractivity contribution in [1.29, 1.82) is 0 Å². The molecule has 1 saturated heterocycles. The summed E-state index contributed by atoms with van der Waals surface area (Å²) in [5, 5.41) is 3.99. The lowest BCUT2D eigenvalue weighted by Crippen LogP contribution is -2.64. The Kier molecular flexibility index (Phi) is 6.09. The minimum atomic E-state index is -5.24. The fraction of sp³-hybridized carbons (Fsp3) is 0.500. The SMILES string of the molecule is CC(C)COC(=O)N1CCC(C(=O)NC2(C(F)(F)F)C(=O)Nc3nc4cc(Cl)c(Cl)cc4n32)C1. The van der Waals surface area contributed by atoms with Crippen LogP contribution in [0.1, 0.15) is 20.3 Å². The number of nitrogens with one attached hydrogen (secondary N) is 2. The summed E-state index contributed by atoms with van der Waals surface area (Å²) < 4.78 is 49.2. The maximum absolute atomic E-state index is 14.5. The van der Waals surface area contributed by atoms with Crippen molar-refractivity contribution >= 4 is 58.1 Å². The normalized spacial score (nSPS) is 22.3. The van der Waals surface area contributed by atoms with Gasteiger partial charge in [-0.2, -0.15) is 13.2 Å². The fourth-order valence-corrected chi connectivity index (χ4v) is 4.29. The van der Waals surface area contributed by atoms with Crippen molar-refractivity contribution in [2.24, 2.45) is 11.8 Å². The van der Waals surface area contributed by atoms with Crippen LogP contribution in [-0.2, 0) is 20.0 Å². The van der Waals surface area contributed by atoms with Gasteiger partial charge in [-0.25, -0.2) is 9.78 Å². The molecule has 4 rings (SSSR count). The fourth-order valence-electron chi connectivity index (χ4n) is 3.98. The van der Waals surface area contributed by atoms with Crippen molar-refractivity contribution in [1.82, 2.24) is 19.8 Å². The standard InChI is InChI=1S/C20H20Cl2F3N5O4/c1-9(2)8-34-18(33)29-4-3-10(7-29)15(31)28-19(20(23,24)25)16(32)27-17-26-13-5-11(21)12(22)6-14(13)30(17)19/h5-6,9-10H,3-4,7-8H2,1-2H3,(H,28,31)(H,26,27,32). The summed E-state index contributed by atoms with van der Waals surface area (Å²) in [6, 6.07) is 2.40. The Hall–Kier alpha value is -2.73. The third-order valence-corrected chi connectivity index (χ3v) is 6.38. The van der Waals surface area contributed by atoms with Crippen LogP contribution in [0, 0.1) is 11.8 Å². The number of hydrogen-bond donors (Lipinski definition) is 2. The molecule has 0 bridgehead atoms. The smallest absolute Gasteiger partial charge is 0.440 e. The second-order valence-electron chi connectivity index (χ2n) is 8.58. The van der Waals surface area contributed by atoms with Gasteiger partial charge in [0.25, 0.3) is 11.6 Å². The first-order valence-corrected chi connectivity index (χ1v) is 11.1. The van der Waals surface area contributed by atoms with Gasteiger partial charge in [0.2, 0.25) is 11.9 Å². The number of anilines is 1. The third-order valence-electron chi connectivity index (χ3n) is 5.66. The van der Waals surface area contributed by atoms with Crippen LogP contribution >= 0.6 is 23.2 Å². The van der Waals surface area contributed by atoms with E-state index < -0.39 is 41.6 Å². The van der Waals surface area contributed by atoms with E-state index in [0.717, 1.165) is 6.07 Å². The van der Waals surface area contributed by atoms with Gasteiger partial charge < -0.3 is 15.0 Å². The summed E-state index contributed by atoms with van der Waals surface area (Å²) in [5.41, 5.74) is -3.56. The van der Waals surface area contributed by atoms with Crippen LogP contribution < -0.4 is 10.6 Å². The van der Waals surface area contributed by atoms with E-state index in [1.807, 2.05) is 19.2 Å². The highest BCUT2D eigenvalue weighted by atomic mass is 35.5. The minimum absolute atomic E-state index is 0.0483. The van der Waals surface area contributed by atoms with E-state index >= 15 is 0 Å². The first-order chi connectivity index (χ1) is 15.8. The molecule has 0 saturated carbocycles. The number of halogens is 5. The number of hydrogen-bond acceptors (Lipinski definition) is 5. The summed E-state index contributed by atoms with van der Waals surface area (Å²) in [6.45, 7) is 3.87. The lowest BCUT2D eigenvalue weighted by Gasteiger charge is -2.32. The van der Waals surface area contributed by atoms with E-state index in [1.165, 1.54) is 11.0 Å². The van der Waals surface area contributed by atoms with Gasteiger partial charge in [-0.05, 0) is 24.5 Å². The zero-order valence-corrected chi connectivity index (χ0v) is 19.5. The molecular weight excluding hydrogens is 502 g/mol. The van der Waals surface area contributed by atoms with Crippen molar-refractivity contribution in [2.45, 2.75) is 32.1 Å². The highest BCUT2D eigenvalue weighted by Crippen LogP contribution is 2.45. The number of aromatic nitrogens is 2. The van der Waals surface area contributed by atoms with E-state index in [1.54, 1.807) is 0 Å². The maximum atomic E-state index is 14.5. The molecule has 2 N–H and O–H groups in total. The molecule has 2 atom stereocenters. The average molecular weight is 522 g/mol. The first kappa shape index (κ1) is 24.4. The zero-order chi connectivity index (χ0) is 25.0. The molecule has 0 spiro atoms. The van der Waals surface area contributed by atoms with Gasteiger partial charge in [0.1, 0.15) is 0 Å². The summed E-state index contributed by atoms with van der Waals surface area (Å²) in [6.07, 6.45) is -5.79. The average Bonchev–Trinajstić information content (AvgIpc) is 3.41. The summed E-state index contributed by atoms with van der Waals surface area (Å²) >= 11 is 11.9. The molecule has 0 radical (unpaired) electrons. The number of alkyl halides is 3. The zero-order valence-electron chi connectivity index (χ0n) is 18.0. The molecule has 184 valence electrons. The van der Waals surface area contributed by atoms with Gasteiger partial charge in [0, 0.05) is 13.1 Å². The molecule has 2 unspecified atom stereocenters. The van der Waals surface area contributed by atoms with Crippen LogP contribution in [0.5, 0.6) is 0 Å². The predicted octanol–water partition coefficient (Wildman–Crippen LogP) is 3.74. The highest BCUT2D eigenvalue weighted by molar-refractivity contribution is 6.42. The second kappa shape index (κ2) is 8.49. The van der Waals surface area contributed by atoms with Crippen LogP contribution in [0.4, 0.5) is 23.9 Å². The number of imidazole rings is 1. The van der Waals surface area contributed by atoms with Gasteiger partial charge in [0.05, 0.1) is 33.6 Å². The van der Waals surface area contributed by atoms with Crippen molar-refractivity contribution < 1.29 is 32.3 Å². The Morgan fingerprint density at radius 2 is 2.00 bits per heavy atom. The Morgan fingerprint density at radius 1 is 1.32 bits per heavy atom. The molecule has 9 nitrogen and oxygen atoms in total. The molecule has 1 fully saturated rings. The minimum Gasteiger partial charge on any atom is -0.449 e. The molecule has 3 amide bonds. The largest absolute Gasteiger partial charge is 0.449 e. The van der Waals surface area contributed by atoms with Crippen LogP contribution in [0.15, 0.2) is 12.1 Å². The molecular formula is C20H20Cl2F3N5O4. The van der Waals surface area contributed by atoms with Crippen LogP contribution in [0.3, 0.4) is 0 Å². The van der Waals surface area contributed by atoms with Gasteiger partial charge in [-0.3, -0.25) is 19.5 Å². The van der Waals surface area contributed by atoms with Crippen molar-refractivity contribution in [2.75, 3.05) is 25.0 Å². The summed E-state index contributed by atoms with van der Waals surface area (Å²) in [5.74, 6) is -3.85. The Bertz CT molecular complexity index is 1190. The molecule has 2 aliphatic heterocycles. The van der Waals surface area contributed by atoms with Crippen molar-refractivity contribution in [3.63, 3.8) is 0 Å². The Labute approximate surface area is 201 Å². The number of likely N-dealkylation sites (tertiary alicyclic amines) is 1. The Morgan fingerprint density at radius 3 is 2.65 bits per heavy atom. The predicted molar refractivity (Wildman–Crippen MR) is 116 cm³/mol. The monoisotopic (exact) mass is 521 g/mol. The molecule has 3 heterocycles. The Balaban J connectivity index is 1.65. The second-order valence-corrected chi connectivity index (χ2v) is 9.39. The summed E-state index contributed by atoms with van der Waals surface area (Å²) in [7, 11) is 0. The third kappa shape index (κ3) is 3.92. The number of ether oxygens (including phenoxy) is 1. The van der Waals surface area contributed by atoms with Gasteiger partial charge in [-0.15, -0.1) is 0 Å². The molecule has 2 aliphatic rings. The first-order valence-electron chi connectivity index (χ1n) is 10.3. The lowest BCUT2D eigenvalue weighted by atomic mass is 10.0. The van der Waals surface area contributed by atoms with Crippen molar-refractivity contribution in [3.05, 3.63) is 22.2 Å². The van der Waals surface area contributed by atoms with E-state index in [4.69, 9.17) is 27.9 Å². The topological polar surface area (TPSA) is 106 Å². The lowest BCUT2D eigenvalue weighted by molar-refractivity contribution is -0.218. The number of fused-ring (bicyclic) bond motifs is 3. The van der Waals surface area contributed by atoms with Crippen LogP contribution in [-0.4, -0.2) is 58.2 Å². The van der Waals surface area contributed by atoms with E-state index in [9.17, 15) is 27.6 Å². The molecule has 34 heavy (non-hydrogen) atoms. The number of carbonyl (C=O) groups excluding carboxylic acids is 3. The maximum Gasteiger partial charge on any atom is 0.440 e. The van der Waals surface area contributed by atoms with Crippen LogP contribution in [0.25, 0.3) is 11.0 Å². The molecule has 0 aliphatic carbocycles. The molecule has 2 aromatic rings. The summed E-state index contributed by atoms with van der Waals surface area (Å²) in [4.78, 5) is 43.1.